The minimum absolute atomic E-state index is 0.336. The van der Waals surface area contributed by atoms with Gasteiger partial charge in [0.1, 0.15) is 22.3 Å². The second-order valence-corrected chi connectivity index (χ2v) is 6.75. The molecule has 82 valence electrons. The Morgan fingerprint density at radius 3 is 2.73 bits per heavy atom. The van der Waals surface area contributed by atoms with Crippen LogP contribution in [0, 0.1) is 0 Å². The molecule has 0 saturated heterocycles. The highest BCUT2D eigenvalue weighted by atomic mass is 79.9. The van der Waals surface area contributed by atoms with Crippen molar-refractivity contribution in [3.63, 3.8) is 0 Å². The summed E-state index contributed by atoms with van der Waals surface area (Å²) in [5.41, 5.74) is 0.690. The number of halogens is 1. The molecule has 1 aromatic heterocycles. The van der Waals surface area contributed by atoms with Crippen LogP contribution in [0.15, 0.2) is 27.2 Å². The minimum Gasteiger partial charge on any atom is -0.591 e. The fourth-order valence-corrected chi connectivity index (χ4v) is 1.62. The smallest absolute Gasteiger partial charge is 0.144 e. The molecule has 0 aliphatic rings. The summed E-state index contributed by atoms with van der Waals surface area (Å²) in [6.07, 6.45) is 3.21. The molecule has 0 spiro atoms. The van der Waals surface area contributed by atoms with Crippen LogP contribution in [-0.4, -0.2) is 20.5 Å². The van der Waals surface area contributed by atoms with Gasteiger partial charge in [0.2, 0.25) is 0 Å². The molecule has 1 rings (SSSR count). The lowest BCUT2D eigenvalue weighted by Gasteiger charge is -2.17. The lowest BCUT2D eigenvalue weighted by atomic mass is 10.3. The predicted octanol–water partition coefficient (Wildman–Crippen LogP) is 2.73. The molecule has 3 nitrogen and oxygen atoms in total. The summed E-state index contributed by atoms with van der Waals surface area (Å²) in [5, 5.41) is 0. The molecule has 0 N–H and O–H groups in total. The normalized spacial score (nSPS) is 14.5. The number of nitrogens with zero attached hydrogens (tertiary/aromatic N) is 2. The van der Waals surface area contributed by atoms with Gasteiger partial charge < -0.3 is 4.55 Å². The molecule has 5 heteroatoms. The maximum absolute atomic E-state index is 11.6. The standard InChI is InChI=1S/C10H13BrN2OS/c1-10(2,3)15(14)13-7-9-8(11)5-4-6-12-9/h4-7H,1-3H3/b13-7+. The van der Waals surface area contributed by atoms with E-state index in [1.807, 2.05) is 32.9 Å². The number of hydrogen-bond acceptors (Lipinski definition) is 3. The van der Waals surface area contributed by atoms with Crippen molar-refractivity contribution in [1.29, 1.82) is 0 Å². The van der Waals surface area contributed by atoms with Crippen LogP contribution >= 0.6 is 15.9 Å². The molecule has 0 saturated carbocycles. The van der Waals surface area contributed by atoms with Gasteiger partial charge in [0.25, 0.3) is 0 Å². The van der Waals surface area contributed by atoms with Crippen molar-refractivity contribution in [2.24, 2.45) is 4.40 Å². The highest BCUT2D eigenvalue weighted by molar-refractivity contribution is 9.10. The number of pyridine rings is 1. The Morgan fingerprint density at radius 1 is 1.53 bits per heavy atom. The van der Waals surface area contributed by atoms with Gasteiger partial charge in [0, 0.05) is 10.7 Å². The van der Waals surface area contributed by atoms with Crippen LogP contribution in [0.2, 0.25) is 0 Å². The SMILES string of the molecule is CC(C)(C)[S+]([O-])/N=C/c1ncccc1Br. The van der Waals surface area contributed by atoms with Crippen molar-refractivity contribution in [3.8, 4) is 0 Å². The Morgan fingerprint density at radius 2 is 2.20 bits per heavy atom. The summed E-state index contributed by atoms with van der Waals surface area (Å²) in [7, 11) is 0. The van der Waals surface area contributed by atoms with E-state index < -0.39 is 11.4 Å². The van der Waals surface area contributed by atoms with E-state index in [1.165, 1.54) is 6.21 Å². The lowest BCUT2D eigenvalue weighted by molar-refractivity contribution is 0.562. The topological polar surface area (TPSA) is 48.3 Å². The number of rotatable bonds is 2. The van der Waals surface area contributed by atoms with E-state index in [0.29, 0.717) is 5.69 Å². The average Bonchev–Trinajstić information content (AvgIpc) is 2.14. The Kier molecular flexibility index (Phi) is 4.31. The van der Waals surface area contributed by atoms with Gasteiger partial charge in [-0.25, -0.2) is 0 Å². The van der Waals surface area contributed by atoms with E-state index in [-0.39, 0.29) is 4.75 Å². The highest BCUT2D eigenvalue weighted by Crippen LogP contribution is 2.17. The van der Waals surface area contributed by atoms with Crippen molar-refractivity contribution < 1.29 is 4.55 Å². The second kappa shape index (κ2) is 5.09. The van der Waals surface area contributed by atoms with Crippen molar-refractivity contribution in [3.05, 3.63) is 28.5 Å². The quantitative estimate of drug-likeness (QED) is 0.621. The van der Waals surface area contributed by atoms with Gasteiger partial charge in [-0.2, -0.15) is 0 Å². The zero-order chi connectivity index (χ0) is 11.5. The van der Waals surface area contributed by atoms with Crippen LogP contribution in [0.25, 0.3) is 0 Å². The molecule has 0 aliphatic carbocycles. The third-order valence-electron chi connectivity index (χ3n) is 1.58. The summed E-state index contributed by atoms with van der Waals surface area (Å²) >= 11 is 2.11. The fourth-order valence-electron chi connectivity index (χ4n) is 0.749. The van der Waals surface area contributed by atoms with Gasteiger partial charge in [0.05, 0.1) is 5.69 Å². The van der Waals surface area contributed by atoms with Crippen molar-refractivity contribution in [2.75, 3.05) is 0 Å². The van der Waals surface area contributed by atoms with E-state index in [2.05, 4.69) is 25.3 Å². The molecule has 0 amide bonds. The van der Waals surface area contributed by atoms with Gasteiger partial charge in [-0.1, -0.05) is 4.40 Å². The Balaban J connectivity index is 2.79. The third kappa shape index (κ3) is 3.93. The van der Waals surface area contributed by atoms with Crippen LogP contribution in [0.1, 0.15) is 26.5 Å². The van der Waals surface area contributed by atoms with Crippen molar-refractivity contribution in [2.45, 2.75) is 25.5 Å². The Bertz CT molecular complexity index is 363. The summed E-state index contributed by atoms with van der Waals surface area (Å²) in [6, 6.07) is 3.69. The molecule has 1 aromatic rings. The highest BCUT2D eigenvalue weighted by Gasteiger charge is 2.25. The lowest BCUT2D eigenvalue weighted by Crippen LogP contribution is -2.25. The van der Waals surface area contributed by atoms with Gasteiger partial charge in [-0.3, -0.25) is 4.98 Å². The van der Waals surface area contributed by atoms with Crippen molar-refractivity contribution in [1.82, 2.24) is 4.98 Å². The van der Waals surface area contributed by atoms with Crippen LogP contribution in [0.4, 0.5) is 0 Å². The maximum atomic E-state index is 11.6. The first kappa shape index (κ1) is 12.7. The molecule has 1 heterocycles. The van der Waals surface area contributed by atoms with Crippen LogP contribution in [0.5, 0.6) is 0 Å². The van der Waals surface area contributed by atoms with Gasteiger partial charge in [0.15, 0.2) is 0 Å². The first-order chi connectivity index (χ1) is 6.91. The van der Waals surface area contributed by atoms with Crippen LogP contribution in [0.3, 0.4) is 0 Å². The zero-order valence-electron chi connectivity index (χ0n) is 8.90. The second-order valence-electron chi connectivity index (χ2n) is 3.97. The molecule has 0 radical (unpaired) electrons. The third-order valence-corrected chi connectivity index (χ3v) is 3.60. The molecule has 0 fully saturated rings. The Labute approximate surface area is 101 Å². The van der Waals surface area contributed by atoms with E-state index >= 15 is 0 Å². The van der Waals surface area contributed by atoms with Crippen LogP contribution in [-0.2, 0) is 11.4 Å². The minimum atomic E-state index is -1.24. The molecule has 0 bridgehead atoms. The van der Waals surface area contributed by atoms with E-state index in [9.17, 15) is 4.55 Å². The summed E-state index contributed by atoms with van der Waals surface area (Å²) in [4.78, 5) is 4.10. The first-order valence-corrected chi connectivity index (χ1v) is 6.38. The molecule has 0 aliphatic heterocycles. The summed E-state index contributed by atoms with van der Waals surface area (Å²) in [6.45, 7) is 5.65. The summed E-state index contributed by atoms with van der Waals surface area (Å²) < 4.78 is 16.1. The predicted molar refractivity (Wildman–Crippen MR) is 67.4 cm³/mol. The molecular formula is C10H13BrN2OS. The molecular weight excluding hydrogens is 276 g/mol. The number of hydrogen-bond donors (Lipinski definition) is 0. The average molecular weight is 289 g/mol. The first-order valence-electron chi connectivity index (χ1n) is 4.48. The molecule has 1 atom stereocenters. The van der Waals surface area contributed by atoms with Crippen LogP contribution < -0.4 is 0 Å². The summed E-state index contributed by atoms with van der Waals surface area (Å²) in [5.74, 6) is 0. The fraction of sp³-hybridized carbons (Fsp3) is 0.400. The van der Waals surface area contributed by atoms with Gasteiger partial charge >= 0.3 is 0 Å². The maximum Gasteiger partial charge on any atom is 0.144 e. The zero-order valence-corrected chi connectivity index (χ0v) is 11.3. The van der Waals surface area contributed by atoms with E-state index in [1.54, 1.807) is 6.20 Å². The van der Waals surface area contributed by atoms with Gasteiger partial charge in [-0.15, -0.1) is 0 Å². The van der Waals surface area contributed by atoms with Gasteiger partial charge in [-0.05, 0) is 48.8 Å². The molecule has 0 aromatic carbocycles. The Hall–Kier alpha value is -0.390. The van der Waals surface area contributed by atoms with E-state index in [4.69, 9.17) is 0 Å². The monoisotopic (exact) mass is 288 g/mol. The van der Waals surface area contributed by atoms with Crippen molar-refractivity contribution >= 4 is 33.5 Å². The molecule has 1 unspecified atom stereocenters. The van der Waals surface area contributed by atoms with E-state index in [0.717, 1.165) is 4.47 Å². The number of aromatic nitrogens is 1. The largest absolute Gasteiger partial charge is 0.591 e. The molecule has 15 heavy (non-hydrogen) atoms.